The zero-order valence-electron chi connectivity index (χ0n) is 12.7. The van der Waals surface area contributed by atoms with Gasteiger partial charge in [0.1, 0.15) is 10.6 Å². The van der Waals surface area contributed by atoms with Gasteiger partial charge in [0.05, 0.1) is 12.7 Å². The Kier molecular flexibility index (Phi) is 5.74. The van der Waals surface area contributed by atoms with E-state index in [2.05, 4.69) is 0 Å². The van der Waals surface area contributed by atoms with Crippen LogP contribution in [0.3, 0.4) is 0 Å². The highest BCUT2D eigenvalue weighted by Gasteiger charge is 2.26. The second kappa shape index (κ2) is 6.91. The first-order valence-electron chi connectivity index (χ1n) is 6.57. The van der Waals surface area contributed by atoms with Crippen molar-refractivity contribution in [1.82, 2.24) is 4.31 Å². The number of hydrogen-bond donors (Lipinski definition) is 1. The first-order valence-corrected chi connectivity index (χ1v) is 8.01. The molecule has 0 bridgehead atoms. The Hall–Kier alpha value is -1.60. The maximum Gasteiger partial charge on any atom is 0.335 e. The van der Waals surface area contributed by atoms with Gasteiger partial charge in [-0.25, -0.2) is 17.5 Å². The lowest BCUT2D eigenvalue weighted by Gasteiger charge is -2.20. The van der Waals surface area contributed by atoms with E-state index >= 15 is 0 Å². The largest absolute Gasteiger partial charge is 0.495 e. The van der Waals surface area contributed by atoms with Gasteiger partial charge in [-0.3, -0.25) is 0 Å². The SMILES string of the molecule is COc1ccc(C(=O)O)cc1S(=O)(=O)N(C)CCC(C)C. The lowest BCUT2D eigenvalue weighted by molar-refractivity contribution is 0.0696. The number of ether oxygens (including phenoxy) is 1. The van der Waals surface area contributed by atoms with Crippen molar-refractivity contribution in [2.45, 2.75) is 25.2 Å². The summed E-state index contributed by atoms with van der Waals surface area (Å²) in [6, 6.07) is 3.79. The second-order valence-corrected chi connectivity index (χ2v) is 7.19. The Morgan fingerprint density at radius 2 is 2.00 bits per heavy atom. The van der Waals surface area contributed by atoms with Crippen LogP contribution >= 0.6 is 0 Å². The number of methoxy groups -OCH3 is 1. The van der Waals surface area contributed by atoms with Crippen molar-refractivity contribution in [1.29, 1.82) is 0 Å². The predicted molar refractivity (Wildman–Crippen MR) is 79.2 cm³/mol. The van der Waals surface area contributed by atoms with Crippen molar-refractivity contribution >= 4 is 16.0 Å². The van der Waals surface area contributed by atoms with Crippen molar-refractivity contribution in [2.75, 3.05) is 20.7 Å². The minimum Gasteiger partial charge on any atom is -0.495 e. The highest BCUT2D eigenvalue weighted by molar-refractivity contribution is 7.89. The first kappa shape index (κ1) is 17.5. The molecule has 1 rings (SSSR count). The predicted octanol–water partition coefficient (Wildman–Crippen LogP) is 2.06. The topological polar surface area (TPSA) is 83.9 Å². The molecule has 0 atom stereocenters. The molecule has 0 spiro atoms. The molecular formula is C14H21NO5S. The van der Waals surface area contributed by atoms with Gasteiger partial charge >= 0.3 is 5.97 Å². The fourth-order valence-electron chi connectivity index (χ4n) is 1.74. The molecular weight excluding hydrogens is 294 g/mol. The lowest BCUT2D eigenvalue weighted by atomic mass is 10.1. The van der Waals surface area contributed by atoms with Crippen LogP contribution in [-0.2, 0) is 10.0 Å². The summed E-state index contributed by atoms with van der Waals surface area (Å²) in [6.45, 7) is 4.37. The van der Waals surface area contributed by atoms with Crippen molar-refractivity contribution in [3.8, 4) is 5.75 Å². The zero-order valence-corrected chi connectivity index (χ0v) is 13.5. The van der Waals surface area contributed by atoms with Gasteiger partial charge in [0.15, 0.2) is 0 Å². The van der Waals surface area contributed by atoms with E-state index in [0.29, 0.717) is 12.5 Å². The van der Waals surface area contributed by atoms with Crippen LogP contribution in [0.4, 0.5) is 0 Å². The molecule has 0 aliphatic rings. The number of benzene rings is 1. The van der Waals surface area contributed by atoms with Crippen molar-refractivity contribution in [3.63, 3.8) is 0 Å². The van der Waals surface area contributed by atoms with Gasteiger partial charge in [0.25, 0.3) is 0 Å². The Bertz CT molecular complexity index is 610. The summed E-state index contributed by atoms with van der Waals surface area (Å²) in [6.07, 6.45) is 0.719. The van der Waals surface area contributed by atoms with E-state index in [4.69, 9.17) is 9.84 Å². The molecule has 0 fully saturated rings. The second-order valence-electron chi connectivity index (χ2n) is 5.18. The Morgan fingerprint density at radius 1 is 1.38 bits per heavy atom. The minimum absolute atomic E-state index is 0.0911. The van der Waals surface area contributed by atoms with E-state index < -0.39 is 16.0 Å². The molecule has 0 saturated heterocycles. The third-order valence-electron chi connectivity index (χ3n) is 3.12. The van der Waals surface area contributed by atoms with Crippen LogP contribution in [0, 0.1) is 5.92 Å². The van der Waals surface area contributed by atoms with Gasteiger partial charge in [-0.15, -0.1) is 0 Å². The fraction of sp³-hybridized carbons (Fsp3) is 0.500. The van der Waals surface area contributed by atoms with Crippen molar-refractivity contribution < 1.29 is 23.1 Å². The highest BCUT2D eigenvalue weighted by atomic mass is 32.2. The Morgan fingerprint density at radius 3 is 2.48 bits per heavy atom. The van der Waals surface area contributed by atoms with Crippen LogP contribution in [0.2, 0.25) is 0 Å². The lowest BCUT2D eigenvalue weighted by Crippen LogP contribution is -2.29. The average Bonchev–Trinajstić information content (AvgIpc) is 2.43. The summed E-state index contributed by atoms with van der Waals surface area (Å²) in [4.78, 5) is 10.9. The van der Waals surface area contributed by atoms with Crippen LogP contribution < -0.4 is 4.74 Å². The minimum atomic E-state index is -3.79. The molecule has 0 aliphatic carbocycles. The standard InChI is InChI=1S/C14H21NO5S/c1-10(2)7-8-15(3)21(18,19)13-9-11(14(16)17)5-6-12(13)20-4/h5-6,9-10H,7-8H2,1-4H3,(H,16,17). The highest BCUT2D eigenvalue weighted by Crippen LogP contribution is 2.27. The van der Waals surface area contributed by atoms with E-state index in [9.17, 15) is 13.2 Å². The molecule has 6 nitrogen and oxygen atoms in total. The molecule has 0 heterocycles. The molecule has 0 unspecified atom stereocenters. The first-order chi connectivity index (χ1) is 9.70. The molecule has 118 valence electrons. The number of carboxylic acids is 1. The zero-order chi connectivity index (χ0) is 16.2. The summed E-state index contributed by atoms with van der Waals surface area (Å²) < 4.78 is 31.4. The van der Waals surface area contributed by atoms with E-state index in [1.807, 2.05) is 13.8 Å². The normalized spacial score (nSPS) is 11.9. The van der Waals surface area contributed by atoms with Crippen LogP contribution in [0.15, 0.2) is 23.1 Å². The number of aromatic carboxylic acids is 1. The van der Waals surface area contributed by atoms with Crippen LogP contribution in [0.1, 0.15) is 30.6 Å². The van der Waals surface area contributed by atoms with Crippen LogP contribution in [-0.4, -0.2) is 44.5 Å². The molecule has 0 radical (unpaired) electrons. The third-order valence-corrected chi connectivity index (χ3v) is 5.00. The molecule has 21 heavy (non-hydrogen) atoms. The third kappa shape index (κ3) is 4.18. The maximum atomic E-state index is 12.6. The number of sulfonamides is 1. The number of rotatable bonds is 7. The quantitative estimate of drug-likeness (QED) is 0.832. The summed E-state index contributed by atoms with van der Waals surface area (Å²) in [5.41, 5.74) is -0.0911. The van der Waals surface area contributed by atoms with E-state index in [-0.39, 0.29) is 16.2 Å². The van der Waals surface area contributed by atoms with Gasteiger partial charge in [-0.05, 0) is 30.5 Å². The van der Waals surface area contributed by atoms with Crippen LogP contribution in [0.25, 0.3) is 0 Å². The Labute approximate surface area is 125 Å². The summed E-state index contributed by atoms with van der Waals surface area (Å²) in [5, 5.41) is 9.00. The van der Waals surface area contributed by atoms with E-state index in [0.717, 1.165) is 12.5 Å². The average molecular weight is 315 g/mol. The summed E-state index contributed by atoms with van der Waals surface area (Å²) >= 11 is 0. The van der Waals surface area contributed by atoms with Crippen LogP contribution in [0.5, 0.6) is 5.75 Å². The number of nitrogens with zero attached hydrogens (tertiary/aromatic N) is 1. The van der Waals surface area contributed by atoms with Gasteiger partial charge in [-0.2, -0.15) is 0 Å². The molecule has 0 aromatic heterocycles. The number of carbonyl (C=O) groups is 1. The molecule has 1 aromatic carbocycles. The van der Waals surface area contributed by atoms with Crippen molar-refractivity contribution in [2.24, 2.45) is 5.92 Å². The summed E-state index contributed by atoms with van der Waals surface area (Å²) in [5.74, 6) is -0.676. The molecule has 0 saturated carbocycles. The van der Waals surface area contributed by atoms with E-state index in [1.165, 1.54) is 30.6 Å². The monoisotopic (exact) mass is 315 g/mol. The van der Waals surface area contributed by atoms with Gasteiger partial charge in [-0.1, -0.05) is 13.8 Å². The number of hydrogen-bond acceptors (Lipinski definition) is 4. The van der Waals surface area contributed by atoms with Crippen molar-refractivity contribution in [3.05, 3.63) is 23.8 Å². The van der Waals surface area contributed by atoms with Gasteiger partial charge in [0.2, 0.25) is 10.0 Å². The Balaban J connectivity index is 3.22. The van der Waals surface area contributed by atoms with Gasteiger partial charge < -0.3 is 9.84 Å². The molecule has 1 aromatic rings. The molecule has 0 aliphatic heterocycles. The number of carboxylic acid groups (broad SMARTS) is 1. The smallest absolute Gasteiger partial charge is 0.335 e. The molecule has 0 amide bonds. The van der Waals surface area contributed by atoms with Gasteiger partial charge in [0, 0.05) is 13.6 Å². The molecule has 1 N–H and O–H groups in total. The molecule has 7 heteroatoms. The fourth-order valence-corrected chi connectivity index (χ4v) is 3.10. The summed E-state index contributed by atoms with van der Waals surface area (Å²) in [7, 11) is -0.962. The maximum absolute atomic E-state index is 12.6. The van der Waals surface area contributed by atoms with E-state index in [1.54, 1.807) is 0 Å².